The molecule has 0 aliphatic carbocycles. The first-order chi connectivity index (χ1) is 13.3. The molecule has 0 saturated carbocycles. The molecule has 3 aromatic rings. The van der Waals surface area contributed by atoms with Crippen molar-refractivity contribution in [3.05, 3.63) is 58.5 Å². The summed E-state index contributed by atoms with van der Waals surface area (Å²) in [6, 6.07) is 7.60. The van der Waals surface area contributed by atoms with Crippen LogP contribution >= 0.6 is 11.6 Å². The molecule has 0 radical (unpaired) electrons. The van der Waals surface area contributed by atoms with Gasteiger partial charge >= 0.3 is 6.18 Å². The maximum Gasteiger partial charge on any atom is 0.417 e. The highest BCUT2D eigenvalue weighted by Crippen LogP contribution is 2.33. The number of alkyl halides is 3. The third-order valence-corrected chi connectivity index (χ3v) is 4.34. The Labute approximate surface area is 164 Å². The molecule has 0 aliphatic heterocycles. The lowest BCUT2D eigenvalue weighted by Gasteiger charge is -2.12. The lowest BCUT2D eigenvalue weighted by atomic mass is 10.2. The molecule has 28 heavy (non-hydrogen) atoms. The number of halogens is 4. The first kappa shape index (κ1) is 20.0. The molecule has 1 aromatic carbocycles. The minimum atomic E-state index is -4.61. The van der Waals surface area contributed by atoms with Gasteiger partial charge in [0, 0.05) is 6.20 Å². The second kappa shape index (κ2) is 7.71. The van der Waals surface area contributed by atoms with Crippen LogP contribution in [0.25, 0.3) is 5.65 Å². The van der Waals surface area contributed by atoms with Crippen molar-refractivity contribution in [1.29, 1.82) is 0 Å². The number of imidazole rings is 1. The summed E-state index contributed by atoms with van der Waals surface area (Å²) in [7, 11) is 0. The first-order valence-electron chi connectivity index (χ1n) is 8.57. The standard InChI is InChI=1S/C19H17ClF3N3O2/c1-3-13-16(18(27)25-14-7-5-6-8-15(14)28-4-2)26-10-11(19(21,22)23)9-12(20)17(26)24-13/h5-10H,3-4H2,1-2H3,(H,25,27). The van der Waals surface area contributed by atoms with Crippen molar-refractivity contribution in [1.82, 2.24) is 9.38 Å². The van der Waals surface area contributed by atoms with Crippen LogP contribution in [0.15, 0.2) is 36.5 Å². The van der Waals surface area contributed by atoms with Gasteiger partial charge in [-0.05, 0) is 31.5 Å². The van der Waals surface area contributed by atoms with Crippen LogP contribution in [0.3, 0.4) is 0 Å². The Kier molecular flexibility index (Phi) is 5.51. The largest absolute Gasteiger partial charge is 0.492 e. The summed E-state index contributed by atoms with van der Waals surface area (Å²) in [5.74, 6) is -0.147. The summed E-state index contributed by atoms with van der Waals surface area (Å²) in [6.45, 7) is 3.96. The summed E-state index contributed by atoms with van der Waals surface area (Å²) in [6.07, 6.45) is -3.43. The van der Waals surface area contributed by atoms with Crippen molar-refractivity contribution in [3.63, 3.8) is 0 Å². The van der Waals surface area contributed by atoms with Crippen LogP contribution in [0.2, 0.25) is 5.02 Å². The van der Waals surface area contributed by atoms with Crippen LogP contribution in [0.5, 0.6) is 5.75 Å². The van der Waals surface area contributed by atoms with E-state index >= 15 is 0 Å². The number of aryl methyl sites for hydroxylation is 1. The number of para-hydroxylation sites is 2. The third kappa shape index (κ3) is 3.77. The van der Waals surface area contributed by atoms with Gasteiger partial charge in [0.25, 0.3) is 5.91 Å². The van der Waals surface area contributed by atoms with Gasteiger partial charge in [-0.15, -0.1) is 0 Å². The fraction of sp³-hybridized carbons (Fsp3) is 0.263. The number of fused-ring (bicyclic) bond motifs is 1. The van der Waals surface area contributed by atoms with E-state index in [1.807, 2.05) is 0 Å². The lowest BCUT2D eigenvalue weighted by Crippen LogP contribution is -2.17. The molecule has 0 unspecified atom stereocenters. The Hall–Kier alpha value is -2.74. The summed E-state index contributed by atoms with van der Waals surface area (Å²) >= 11 is 6.01. The molecule has 1 N–H and O–H groups in total. The Bertz CT molecular complexity index is 1030. The van der Waals surface area contributed by atoms with Gasteiger partial charge in [0.15, 0.2) is 5.65 Å². The molecule has 0 bridgehead atoms. The van der Waals surface area contributed by atoms with E-state index in [0.29, 0.717) is 30.2 Å². The molecular weight excluding hydrogens is 395 g/mol. The molecule has 0 spiro atoms. The SMILES string of the molecule is CCOc1ccccc1NC(=O)c1c(CC)nc2c(Cl)cc(C(F)(F)F)cn12. The number of anilines is 1. The number of ether oxygens (including phenoxy) is 1. The topological polar surface area (TPSA) is 55.6 Å². The molecule has 9 heteroatoms. The van der Waals surface area contributed by atoms with E-state index in [2.05, 4.69) is 10.3 Å². The van der Waals surface area contributed by atoms with Crippen LogP contribution in [0.1, 0.15) is 35.6 Å². The second-order valence-corrected chi connectivity index (χ2v) is 6.32. The smallest absolute Gasteiger partial charge is 0.417 e. The molecule has 0 saturated heterocycles. The molecule has 3 rings (SSSR count). The zero-order chi connectivity index (χ0) is 20.5. The summed E-state index contributed by atoms with van der Waals surface area (Å²) in [4.78, 5) is 17.2. The molecule has 0 aliphatic rings. The van der Waals surface area contributed by atoms with Crippen molar-refractivity contribution in [2.75, 3.05) is 11.9 Å². The highest BCUT2D eigenvalue weighted by Gasteiger charge is 2.33. The van der Waals surface area contributed by atoms with Crippen LogP contribution < -0.4 is 10.1 Å². The molecule has 2 heterocycles. The van der Waals surface area contributed by atoms with Gasteiger partial charge in [0.05, 0.1) is 28.6 Å². The highest BCUT2D eigenvalue weighted by atomic mass is 35.5. The molecule has 0 fully saturated rings. The van der Waals surface area contributed by atoms with E-state index < -0.39 is 17.6 Å². The van der Waals surface area contributed by atoms with Crippen LogP contribution in [-0.2, 0) is 12.6 Å². The highest BCUT2D eigenvalue weighted by molar-refractivity contribution is 6.33. The number of benzene rings is 1. The quantitative estimate of drug-likeness (QED) is 0.626. The fourth-order valence-electron chi connectivity index (χ4n) is 2.83. The first-order valence-corrected chi connectivity index (χ1v) is 8.94. The summed E-state index contributed by atoms with van der Waals surface area (Å²) < 4.78 is 46.1. The van der Waals surface area contributed by atoms with Crippen LogP contribution in [0.4, 0.5) is 18.9 Å². The van der Waals surface area contributed by atoms with Crippen molar-refractivity contribution >= 4 is 28.8 Å². The van der Waals surface area contributed by atoms with Crippen molar-refractivity contribution in [3.8, 4) is 5.75 Å². The number of hydrogen-bond acceptors (Lipinski definition) is 3. The zero-order valence-electron chi connectivity index (χ0n) is 15.1. The van der Waals surface area contributed by atoms with Gasteiger partial charge in [-0.1, -0.05) is 30.7 Å². The molecule has 0 atom stereocenters. The number of carbonyl (C=O) groups excluding carboxylic acids is 1. The maximum atomic E-state index is 13.2. The minimum Gasteiger partial charge on any atom is -0.492 e. The van der Waals surface area contributed by atoms with E-state index in [0.717, 1.165) is 16.7 Å². The number of pyridine rings is 1. The van der Waals surface area contributed by atoms with Gasteiger partial charge in [-0.25, -0.2) is 4.98 Å². The average Bonchev–Trinajstić information content (AvgIpc) is 3.02. The normalized spacial score (nSPS) is 11.6. The predicted octanol–water partition coefficient (Wildman–Crippen LogP) is 5.22. The third-order valence-electron chi connectivity index (χ3n) is 4.06. The molecule has 1 amide bonds. The monoisotopic (exact) mass is 411 g/mol. The van der Waals surface area contributed by atoms with Crippen molar-refractivity contribution in [2.45, 2.75) is 26.4 Å². The van der Waals surface area contributed by atoms with Crippen LogP contribution in [-0.4, -0.2) is 21.9 Å². The van der Waals surface area contributed by atoms with E-state index in [4.69, 9.17) is 16.3 Å². The van der Waals surface area contributed by atoms with E-state index in [1.165, 1.54) is 0 Å². The maximum absolute atomic E-state index is 13.2. The summed E-state index contributed by atoms with van der Waals surface area (Å²) in [5.41, 5.74) is -0.127. The number of amides is 1. The van der Waals surface area contributed by atoms with Gasteiger partial charge < -0.3 is 10.1 Å². The average molecular weight is 412 g/mol. The Morgan fingerprint density at radius 3 is 2.64 bits per heavy atom. The van der Waals surface area contributed by atoms with Gasteiger partial charge in [-0.2, -0.15) is 13.2 Å². The predicted molar refractivity (Wildman–Crippen MR) is 100 cm³/mol. The van der Waals surface area contributed by atoms with E-state index in [-0.39, 0.29) is 16.4 Å². The number of hydrogen-bond donors (Lipinski definition) is 1. The zero-order valence-corrected chi connectivity index (χ0v) is 15.9. The number of nitrogens with one attached hydrogen (secondary N) is 1. The number of carbonyl (C=O) groups is 1. The molecule has 148 valence electrons. The number of rotatable bonds is 5. The molecular formula is C19H17ClF3N3O2. The van der Waals surface area contributed by atoms with E-state index in [1.54, 1.807) is 38.1 Å². The molecule has 2 aromatic heterocycles. The Balaban J connectivity index is 2.11. The van der Waals surface area contributed by atoms with Crippen LogP contribution in [0, 0.1) is 0 Å². The minimum absolute atomic E-state index is 0.00296. The number of nitrogens with zero attached hydrogens (tertiary/aromatic N) is 2. The van der Waals surface area contributed by atoms with Crippen molar-refractivity contribution in [2.24, 2.45) is 0 Å². The lowest BCUT2D eigenvalue weighted by molar-refractivity contribution is -0.137. The van der Waals surface area contributed by atoms with Gasteiger partial charge in [0.1, 0.15) is 11.4 Å². The fourth-order valence-corrected chi connectivity index (χ4v) is 3.08. The second-order valence-electron chi connectivity index (χ2n) is 5.91. The summed E-state index contributed by atoms with van der Waals surface area (Å²) in [5, 5.41) is 2.51. The van der Waals surface area contributed by atoms with E-state index in [9.17, 15) is 18.0 Å². The Morgan fingerprint density at radius 1 is 1.29 bits per heavy atom. The Morgan fingerprint density at radius 2 is 2.00 bits per heavy atom. The van der Waals surface area contributed by atoms with Gasteiger partial charge in [0.2, 0.25) is 0 Å². The molecule has 5 nitrogen and oxygen atoms in total. The van der Waals surface area contributed by atoms with Gasteiger partial charge in [-0.3, -0.25) is 9.20 Å². The number of aromatic nitrogens is 2. The van der Waals surface area contributed by atoms with Crippen molar-refractivity contribution < 1.29 is 22.7 Å².